The van der Waals surface area contributed by atoms with E-state index in [1.54, 1.807) is 13.2 Å². The lowest BCUT2D eigenvalue weighted by molar-refractivity contribution is 0.248. The fourth-order valence-corrected chi connectivity index (χ4v) is 2.19. The molecule has 1 aromatic rings. The summed E-state index contributed by atoms with van der Waals surface area (Å²) in [5.74, 6) is 0.603. The average Bonchev–Trinajstić information content (AvgIpc) is 2.24. The zero-order valence-corrected chi connectivity index (χ0v) is 8.92. The molecule has 0 atom stereocenters. The number of methoxy groups -OCH3 is 1. The van der Waals surface area contributed by atoms with Gasteiger partial charge in [0.25, 0.3) is 0 Å². The zero-order chi connectivity index (χ0) is 10.9. The SMILES string of the molecule is COc1cccc(C2(N)CCC2)c1CF. The van der Waals surface area contributed by atoms with Crippen LogP contribution in [0, 0.1) is 0 Å². The molecule has 2 N–H and O–H groups in total. The quantitative estimate of drug-likeness (QED) is 0.830. The van der Waals surface area contributed by atoms with Crippen LogP contribution in [0.3, 0.4) is 0 Å². The summed E-state index contributed by atoms with van der Waals surface area (Å²) in [6.07, 6.45) is 3.00. The molecule has 0 amide bonds. The van der Waals surface area contributed by atoms with E-state index in [4.69, 9.17) is 10.5 Å². The number of hydrogen-bond donors (Lipinski definition) is 1. The van der Waals surface area contributed by atoms with Gasteiger partial charge in [-0.2, -0.15) is 0 Å². The predicted octanol–water partition coefficient (Wildman–Crippen LogP) is 2.50. The van der Waals surface area contributed by atoms with Crippen LogP contribution in [-0.4, -0.2) is 7.11 Å². The molecule has 82 valence electrons. The Hall–Kier alpha value is -1.09. The van der Waals surface area contributed by atoms with E-state index >= 15 is 0 Å². The molecule has 1 saturated carbocycles. The number of alkyl halides is 1. The molecule has 0 aliphatic heterocycles. The molecular weight excluding hydrogens is 193 g/mol. The van der Waals surface area contributed by atoms with Crippen LogP contribution in [0.5, 0.6) is 5.75 Å². The van der Waals surface area contributed by atoms with Crippen LogP contribution in [-0.2, 0) is 12.2 Å². The van der Waals surface area contributed by atoms with Crippen LogP contribution in [0.4, 0.5) is 4.39 Å². The Balaban J connectivity index is 2.46. The summed E-state index contributed by atoms with van der Waals surface area (Å²) in [6, 6.07) is 5.57. The number of benzene rings is 1. The maximum atomic E-state index is 13.0. The van der Waals surface area contributed by atoms with E-state index in [-0.39, 0.29) is 5.54 Å². The van der Waals surface area contributed by atoms with Crippen molar-refractivity contribution in [3.63, 3.8) is 0 Å². The van der Waals surface area contributed by atoms with Crippen LogP contribution in [0.15, 0.2) is 18.2 Å². The fraction of sp³-hybridized carbons (Fsp3) is 0.500. The van der Waals surface area contributed by atoms with Crippen molar-refractivity contribution in [2.75, 3.05) is 7.11 Å². The van der Waals surface area contributed by atoms with Crippen molar-refractivity contribution in [1.82, 2.24) is 0 Å². The Kier molecular flexibility index (Phi) is 2.65. The molecule has 0 unspecified atom stereocenters. The summed E-state index contributed by atoms with van der Waals surface area (Å²) in [5.41, 5.74) is 7.40. The van der Waals surface area contributed by atoms with Gasteiger partial charge in [0.15, 0.2) is 0 Å². The van der Waals surface area contributed by atoms with Crippen LogP contribution in [0.1, 0.15) is 30.4 Å². The van der Waals surface area contributed by atoms with Crippen molar-refractivity contribution >= 4 is 0 Å². The molecule has 15 heavy (non-hydrogen) atoms. The van der Waals surface area contributed by atoms with Crippen LogP contribution >= 0.6 is 0 Å². The van der Waals surface area contributed by atoms with Crippen molar-refractivity contribution in [1.29, 1.82) is 0 Å². The third kappa shape index (κ3) is 1.61. The fourth-order valence-electron chi connectivity index (χ4n) is 2.19. The lowest BCUT2D eigenvalue weighted by Gasteiger charge is -2.39. The second-order valence-electron chi connectivity index (χ2n) is 4.13. The van der Waals surface area contributed by atoms with Crippen molar-refractivity contribution in [3.8, 4) is 5.75 Å². The maximum absolute atomic E-state index is 13.0. The van der Waals surface area contributed by atoms with E-state index in [0.717, 1.165) is 24.8 Å². The third-order valence-corrected chi connectivity index (χ3v) is 3.27. The minimum Gasteiger partial charge on any atom is -0.496 e. The molecule has 0 heterocycles. The molecule has 1 aliphatic carbocycles. The monoisotopic (exact) mass is 209 g/mol. The summed E-state index contributed by atoms with van der Waals surface area (Å²) >= 11 is 0. The zero-order valence-electron chi connectivity index (χ0n) is 8.92. The Bertz CT molecular complexity index is 361. The van der Waals surface area contributed by atoms with Gasteiger partial charge in [-0.05, 0) is 30.9 Å². The summed E-state index contributed by atoms with van der Waals surface area (Å²) in [4.78, 5) is 0. The summed E-state index contributed by atoms with van der Waals surface area (Å²) in [6.45, 7) is -0.516. The van der Waals surface area contributed by atoms with E-state index in [0.29, 0.717) is 11.3 Å². The van der Waals surface area contributed by atoms with Crippen molar-refractivity contribution in [2.24, 2.45) is 5.73 Å². The van der Waals surface area contributed by atoms with Gasteiger partial charge in [0.1, 0.15) is 12.4 Å². The number of hydrogen-bond acceptors (Lipinski definition) is 2. The first-order valence-corrected chi connectivity index (χ1v) is 5.22. The van der Waals surface area contributed by atoms with Gasteiger partial charge in [-0.1, -0.05) is 12.1 Å². The van der Waals surface area contributed by atoms with E-state index < -0.39 is 6.67 Å². The highest BCUT2D eigenvalue weighted by Gasteiger charge is 2.36. The standard InChI is InChI=1S/C12H16FNO/c1-15-11-5-2-4-10(9(11)8-13)12(14)6-3-7-12/h2,4-5H,3,6-8,14H2,1H3. The molecule has 0 bridgehead atoms. The second-order valence-corrected chi connectivity index (χ2v) is 4.13. The number of rotatable bonds is 3. The van der Waals surface area contributed by atoms with Gasteiger partial charge in [0.05, 0.1) is 7.11 Å². The highest BCUT2D eigenvalue weighted by molar-refractivity contribution is 5.44. The minimum atomic E-state index is -0.516. The first-order valence-electron chi connectivity index (χ1n) is 5.22. The van der Waals surface area contributed by atoms with Crippen LogP contribution in [0.2, 0.25) is 0 Å². The highest BCUT2D eigenvalue weighted by Crippen LogP contribution is 2.42. The Labute approximate surface area is 89.2 Å². The molecule has 0 saturated heterocycles. The van der Waals surface area contributed by atoms with Crippen molar-refractivity contribution in [3.05, 3.63) is 29.3 Å². The van der Waals surface area contributed by atoms with Gasteiger partial charge in [-0.25, -0.2) is 4.39 Å². The molecule has 0 aromatic heterocycles. The first kappa shape index (κ1) is 10.4. The number of nitrogens with two attached hydrogens (primary N) is 1. The van der Waals surface area contributed by atoms with Crippen molar-refractivity contribution in [2.45, 2.75) is 31.5 Å². The van der Waals surface area contributed by atoms with E-state index in [2.05, 4.69) is 0 Å². The molecule has 0 radical (unpaired) electrons. The molecule has 0 spiro atoms. The molecular formula is C12H16FNO. The van der Waals surface area contributed by atoms with E-state index in [1.807, 2.05) is 12.1 Å². The lowest BCUT2D eigenvalue weighted by atomic mass is 9.71. The third-order valence-electron chi connectivity index (χ3n) is 3.27. The molecule has 3 heteroatoms. The normalized spacial score (nSPS) is 18.3. The molecule has 1 fully saturated rings. The van der Waals surface area contributed by atoms with Gasteiger partial charge in [-0.3, -0.25) is 0 Å². The van der Waals surface area contributed by atoms with Crippen molar-refractivity contribution < 1.29 is 9.13 Å². The Morgan fingerprint density at radius 2 is 2.20 bits per heavy atom. The topological polar surface area (TPSA) is 35.2 Å². The van der Waals surface area contributed by atoms with Gasteiger partial charge >= 0.3 is 0 Å². The lowest BCUT2D eigenvalue weighted by Crippen LogP contribution is -2.44. The summed E-state index contributed by atoms with van der Waals surface area (Å²) in [5, 5.41) is 0. The van der Waals surface area contributed by atoms with E-state index in [1.165, 1.54) is 0 Å². The highest BCUT2D eigenvalue weighted by atomic mass is 19.1. The Morgan fingerprint density at radius 3 is 2.67 bits per heavy atom. The van der Waals surface area contributed by atoms with Gasteiger partial charge in [-0.15, -0.1) is 0 Å². The van der Waals surface area contributed by atoms with Gasteiger partial charge < -0.3 is 10.5 Å². The molecule has 2 nitrogen and oxygen atoms in total. The number of ether oxygens (including phenoxy) is 1. The second kappa shape index (κ2) is 3.81. The smallest absolute Gasteiger partial charge is 0.125 e. The largest absolute Gasteiger partial charge is 0.496 e. The minimum absolute atomic E-state index is 0.323. The summed E-state index contributed by atoms with van der Waals surface area (Å²) in [7, 11) is 1.56. The summed E-state index contributed by atoms with van der Waals surface area (Å²) < 4.78 is 18.1. The molecule has 1 aliphatic rings. The van der Waals surface area contributed by atoms with Crippen LogP contribution < -0.4 is 10.5 Å². The Morgan fingerprint density at radius 1 is 1.47 bits per heavy atom. The molecule has 1 aromatic carbocycles. The van der Waals surface area contributed by atoms with E-state index in [9.17, 15) is 4.39 Å². The maximum Gasteiger partial charge on any atom is 0.125 e. The van der Waals surface area contributed by atoms with Crippen LogP contribution in [0.25, 0.3) is 0 Å². The predicted molar refractivity (Wildman–Crippen MR) is 57.5 cm³/mol. The van der Waals surface area contributed by atoms with Gasteiger partial charge in [0.2, 0.25) is 0 Å². The van der Waals surface area contributed by atoms with Gasteiger partial charge in [0, 0.05) is 11.1 Å². The molecule has 2 rings (SSSR count). The number of halogens is 1. The first-order chi connectivity index (χ1) is 7.21. The average molecular weight is 209 g/mol.